The molecule has 0 bridgehead atoms. The lowest BCUT2D eigenvalue weighted by atomic mass is 10.3. The van der Waals surface area contributed by atoms with Crippen LogP contribution in [-0.4, -0.2) is 40.2 Å². The van der Waals surface area contributed by atoms with E-state index in [9.17, 15) is 18.8 Å². The zero-order chi connectivity index (χ0) is 18.0. The highest BCUT2D eigenvalue weighted by atomic mass is 32.2. The predicted molar refractivity (Wildman–Crippen MR) is 90.4 cm³/mol. The molecule has 1 aliphatic heterocycles. The van der Waals surface area contributed by atoms with Crippen molar-refractivity contribution in [1.29, 1.82) is 0 Å². The highest BCUT2D eigenvalue weighted by molar-refractivity contribution is 8.18. The van der Waals surface area contributed by atoms with E-state index < -0.39 is 29.5 Å². The molecule has 2 heterocycles. The maximum absolute atomic E-state index is 14.0. The number of nitrogens with zero attached hydrogens (tertiary/aromatic N) is 2. The average Bonchev–Trinajstić information content (AvgIpc) is 3.15. The Morgan fingerprint density at radius 3 is 2.72 bits per heavy atom. The third-order valence-corrected chi connectivity index (χ3v) is 4.47. The van der Waals surface area contributed by atoms with Gasteiger partial charge in [0.1, 0.15) is 12.4 Å². The molecular weight excluding hydrogens is 347 g/mol. The second-order valence-corrected chi connectivity index (χ2v) is 6.09. The number of carbonyl (C=O) groups is 3. The lowest BCUT2D eigenvalue weighted by Crippen LogP contribution is -2.34. The molecule has 1 aliphatic rings. The molecule has 1 aromatic heterocycles. The molecule has 0 N–H and O–H groups in total. The minimum atomic E-state index is -0.682. The summed E-state index contributed by atoms with van der Waals surface area (Å²) in [4.78, 5) is 36.6. The van der Waals surface area contributed by atoms with E-state index in [0.717, 1.165) is 16.7 Å². The van der Waals surface area contributed by atoms with Crippen LogP contribution in [0.5, 0.6) is 0 Å². The molecule has 128 valence electrons. The highest BCUT2D eigenvalue weighted by Crippen LogP contribution is 2.32. The van der Waals surface area contributed by atoms with Crippen molar-refractivity contribution in [3.63, 3.8) is 0 Å². The van der Waals surface area contributed by atoms with Gasteiger partial charge in [0.05, 0.1) is 17.7 Å². The lowest BCUT2D eigenvalue weighted by molar-refractivity contribution is -0.143. The normalized spacial score (nSPS) is 15.9. The van der Waals surface area contributed by atoms with Gasteiger partial charge in [-0.25, -0.2) is 4.39 Å². The van der Waals surface area contributed by atoms with Crippen molar-refractivity contribution >= 4 is 35.0 Å². The van der Waals surface area contributed by atoms with Crippen LogP contribution in [0.25, 0.3) is 11.8 Å². The Kier molecular flexibility index (Phi) is 4.71. The number of carbonyl (C=O) groups excluding carboxylic acids is 3. The quantitative estimate of drug-likeness (QED) is 0.619. The Bertz CT molecular complexity index is 890. The summed E-state index contributed by atoms with van der Waals surface area (Å²) in [6.45, 7) is -0.438. The summed E-state index contributed by atoms with van der Waals surface area (Å²) in [6.07, 6.45) is 3.15. The first-order valence-corrected chi connectivity index (χ1v) is 8.07. The Morgan fingerprint density at radius 1 is 1.24 bits per heavy atom. The molecule has 0 aliphatic carbocycles. The number of ether oxygens (including phenoxy) is 1. The van der Waals surface area contributed by atoms with Crippen molar-refractivity contribution in [2.45, 2.75) is 0 Å². The van der Waals surface area contributed by atoms with Crippen LogP contribution in [-0.2, 0) is 14.3 Å². The smallest absolute Gasteiger partial charge is 0.325 e. The van der Waals surface area contributed by atoms with Crippen LogP contribution in [0, 0.1) is 5.82 Å². The van der Waals surface area contributed by atoms with E-state index in [-0.39, 0.29) is 4.91 Å². The summed E-state index contributed by atoms with van der Waals surface area (Å²) in [5.41, 5.74) is 0.862. The number of methoxy groups -OCH3 is 1. The average molecular weight is 360 g/mol. The number of hydrogen-bond donors (Lipinski definition) is 0. The van der Waals surface area contributed by atoms with Gasteiger partial charge in [0.25, 0.3) is 11.1 Å². The first-order chi connectivity index (χ1) is 12.0. The van der Waals surface area contributed by atoms with Crippen molar-refractivity contribution < 1.29 is 23.5 Å². The summed E-state index contributed by atoms with van der Waals surface area (Å²) in [5, 5.41) is -0.550. The third-order valence-electron chi connectivity index (χ3n) is 3.56. The largest absolute Gasteiger partial charge is 0.468 e. The van der Waals surface area contributed by atoms with Gasteiger partial charge in [-0.15, -0.1) is 0 Å². The van der Waals surface area contributed by atoms with Gasteiger partial charge < -0.3 is 9.30 Å². The fourth-order valence-electron chi connectivity index (χ4n) is 2.34. The van der Waals surface area contributed by atoms with Crippen molar-refractivity contribution in [3.8, 4) is 5.69 Å². The summed E-state index contributed by atoms with van der Waals surface area (Å²) in [5.74, 6) is -1.67. The molecule has 1 aromatic carbocycles. The lowest BCUT2D eigenvalue weighted by Gasteiger charge is -2.10. The standard InChI is InChI=1S/C17H13FN2O4S/c1-24-15(21)10-20-16(22)14(25-17(20)23)9-11-5-4-8-19(11)13-7-3-2-6-12(13)18/h2-9H,10H2,1H3/b14-9+. The van der Waals surface area contributed by atoms with Crippen LogP contribution in [0.2, 0.25) is 0 Å². The second-order valence-electron chi connectivity index (χ2n) is 5.10. The molecule has 0 saturated carbocycles. The van der Waals surface area contributed by atoms with E-state index in [0.29, 0.717) is 11.4 Å². The third kappa shape index (κ3) is 3.34. The van der Waals surface area contributed by atoms with E-state index >= 15 is 0 Å². The maximum Gasteiger partial charge on any atom is 0.325 e. The summed E-state index contributed by atoms with van der Waals surface area (Å²) in [7, 11) is 1.18. The number of aromatic nitrogens is 1. The van der Waals surface area contributed by atoms with Crippen LogP contribution in [0.3, 0.4) is 0 Å². The number of para-hydroxylation sites is 1. The van der Waals surface area contributed by atoms with Crippen LogP contribution < -0.4 is 0 Å². The molecule has 0 atom stereocenters. The maximum atomic E-state index is 14.0. The molecule has 1 saturated heterocycles. The van der Waals surface area contributed by atoms with Crippen molar-refractivity contribution in [2.75, 3.05) is 13.7 Å². The second kappa shape index (κ2) is 6.94. The van der Waals surface area contributed by atoms with Crippen LogP contribution in [0.4, 0.5) is 9.18 Å². The first kappa shape index (κ1) is 17.0. The number of benzene rings is 1. The summed E-state index contributed by atoms with van der Waals surface area (Å²) in [6, 6.07) is 9.63. The predicted octanol–water partition coefficient (Wildman–Crippen LogP) is 2.83. The number of amides is 2. The molecule has 0 spiro atoms. The van der Waals surface area contributed by atoms with E-state index in [2.05, 4.69) is 4.74 Å². The van der Waals surface area contributed by atoms with Gasteiger partial charge in [0.2, 0.25) is 0 Å². The fourth-order valence-corrected chi connectivity index (χ4v) is 3.17. The molecule has 25 heavy (non-hydrogen) atoms. The fraction of sp³-hybridized carbons (Fsp3) is 0.118. The molecule has 3 rings (SSSR count). The van der Waals surface area contributed by atoms with Crippen LogP contribution in [0.15, 0.2) is 47.5 Å². The Hall–Kier alpha value is -2.87. The van der Waals surface area contributed by atoms with Crippen LogP contribution in [0.1, 0.15) is 5.69 Å². The molecule has 8 heteroatoms. The van der Waals surface area contributed by atoms with Gasteiger partial charge in [-0.1, -0.05) is 12.1 Å². The monoisotopic (exact) mass is 360 g/mol. The van der Waals surface area contributed by atoms with Gasteiger partial charge in [0.15, 0.2) is 0 Å². The SMILES string of the molecule is COC(=O)CN1C(=O)S/C(=C/c2cccn2-c2ccccc2F)C1=O. The molecule has 2 amide bonds. The number of thioether (sulfide) groups is 1. The van der Waals surface area contributed by atoms with E-state index in [1.165, 1.54) is 19.3 Å². The zero-order valence-electron chi connectivity index (χ0n) is 13.1. The Balaban J connectivity index is 1.92. The minimum absolute atomic E-state index is 0.158. The number of halogens is 1. The van der Waals surface area contributed by atoms with Gasteiger partial charge >= 0.3 is 5.97 Å². The summed E-state index contributed by atoms with van der Waals surface area (Å²) >= 11 is 0.724. The first-order valence-electron chi connectivity index (χ1n) is 7.25. The van der Waals surface area contributed by atoms with Gasteiger partial charge in [-0.05, 0) is 42.1 Å². The van der Waals surface area contributed by atoms with E-state index in [4.69, 9.17) is 0 Å². The topological polar surface area (TPSA) is 68.6 Å². The van der Waals surface area contributed by atoms with E-state index in [1.54, 1.807) is 41.1 Å². The zero-order valence-corrected chi connectivity index (χ0v) is 14.0. The molecule has 1 fully saturated rings. The van der Waals surface area contributed by atoms with Gasteiger partial charge in [-0.3, -0.25) is 19.3 Å². The number of hydrogen-bond acceptors (Lipinski definition) is 5. The van der Waals surface area contributed by atoms with Crippen molar-refractivity contribution in [2.24, 2.45) is 0 Å². The van der Waals surface area contributed by atoms with Gasteiger partial charge in [-0.2, -0.15) is 0 Å². The van der Waals surface area contributed by atoms with E-state index in [1.807, 2.05) is 0 Å². The molecule has 2 aromatic rings. The Morgan fingerprint density at radius 2 is 2.00 bits per heavy atom. The van der Waals surface area contributed by atoms with Crippen LogP contribution >= 0.6 is 11.8 Å². The van der Waals surface area contributed by atoms with Gasteiger partial charge in [0, 0.05) is 11.9 Å². The molecule has 0 radical (unpaired) electrons. The Labute approximate surface area is 146 Å². The summed E-state index contributed by atoms with van der Waals surface area (Å²) < 4.78 is 20.1. The molecule has 0 unspecified atom stereocenters. The number of rotatable bonds is 4. The number of imide groups is 1. The molecule has 6 nitrogen and oxygen atoms in total. The van der Waals surface area contributed by atoms with Crippen molar-refractivity contribution in [1.82, 2.24) is 9.47 Å². The minimum Gasteiger partial charge on any atom is -0.468 e. The van der Waals surface area contributed by atoms with Crippen molar-refractivity contribution in [3.05, 3.63) is 59.0 Å². The molecular formula is C17H13FN2O4S. The number of esters is 1. The highest BCUT2D eigenvalue weighted by Gasteiger charge is 2.36.